The van der Waals surface area contributed by atoms with E-state index in [-0.39, 0.29) is 17.7 Å². The van der Waals surface area contributed by atoms with Crippen LogP contribution < -0.4 is 10.2 Å². The van der Waals surface area contributed by atoms with Gasteiger partial charge in [0.15, 0.2) is 5.13 Å². The number of aromatic nitrogens is 1. The summed E-state index contributed by atoms with van der Waals surface area (Å²) in [5, 5.41) is 4.23. The zero-order valence-electron chi connectivity index (χ0n) is 19.1. The molecule has 1 fully saturated rings. The summed E-state index contributed by atoms with van der Waals surface area (Å²) < 4.78 is 0. The molecule has 1 aliphatic carbocycles. The highest BCUT2D eigenvalue weighted by molar-refractivity contribution is 7.16. The Bertz CT molecular complexity index is 1200. The molecular weight excluding hydrogens is 468 g/mol. The summed E-state index contributed by atoms with van der Waals surface area (Å²) in [5.41, 5.74) is 3.57. The average molecular weight is 495 g/mol. The van der Waals surface area contributed by atoms with E-state index in [9.17, 15) is 9.59 Å². The minimum Gasteiger partial charge on any atom is -0.367 e. The monoisotopic (exact) mass is 494 g/mol. The van der Waals surface area contributed by atoms with Crippen LogP contribution in [0.4, 0.5) is 10.8 Å². The van der Waals surface area contributed by atoms with Crippen LogP contribution in [-0.4, -0.2) is 47.9 Å². The van der Waals surface area contributed by atoms with E-state index in [1.54, 1.807) is 0 Å². The Morgan fingerprint density at radius 2 is 1.79 bits per heavy atom. The van der Waals surface area contributed by atoms with E-state index in [4.69, 9.17) is 16.6 Å². The van der Waals surface area contributed by atoms with Crippen molar-refractivity contribution in [3.63, 3.8) is 0 Å². The lowest BCUT2D eigenvalue weighted by atomic mass is 9.89. The maximum absolute atomic E-state index is 13.5. The summed E-state index contributed by atoms with van der Waals surface area (Å²) in [6, 6.07) is 15.3. The Morgan fingerprint density at radius 3 is 2.53 bits per heavy atom. The number of fused-ring (bicyclic) bond motifs is 1. The quantitative estimate of drug-likeness (QED) is 0.546. The summed E-state index contributed by atoms with van der Waals surface area (Å²) in [6.07, 6.45) is 2.65. The van der Waals surface area contributed by atoms with E-state index >= 15 is 0 Å². The third kappa shape index (κ3) is 4.68. The molecule has 176 valence electrons. The molecule has 2 aliphatic rings. The number of carbonyl (C=O) groups excluding carboxylic acids is 2. The molecule has 1 N–H and O–H groups in total. The largest absolute Gasteiger partial charge is 0.367 e. The van der Waals surface area contributed by atoms with Crippen LogP contribution in [-0.2, 0) is 11.2 Å². The van der Waals surface area contributed by atoms with Crippen molar-refractivity contribution in [2.75, 3.05) is 36.4 Å². The second-order valence-corrected chi connectivity index (χ2v) is 10.3. The van der Waals surface area contributed by atoms with Crippen molar-refractivity contribution in [3.05, 3.63) is 75.3 Å². The molecule has 8 heteroatoms. The average Bonchev–Trinajstić information content (AvgIpc) is 3.27. The molecule has 2 amide bonds. The molecule has 0 spiro atoms. The van der Waals surface area contributed by atoms with E-state index < -0.39 is 0 Å². The number of rotatable bonds is 4. The maximum atomic E-state index is 13.5. The lowest BCUT2D eigenvalue weighted by Gasteiger charge is -2.38. The van der Waals surface area contributed by atoms with Crippen molar-refractivity contribution in [2.24, 2.45) is 0 Å². The fourth-order valence-corrected chi connectivity index (χ4v) is 6.00. The van der Waals surface area contributed by atoms with Gasteiger partial charge in [-0.05, 0) is 50.5 Å². The van der Waals surface area contributed by atoms with Gasteiger partial charge in [0.25, 0.3) is 5.91 Å². The Kier molecular flexibility index (Phi) is 6.57. The van der Waals surface area contributed by atoms with Gasteiger partial charge in [-0.3, -0.25) is 14.9 Å². The zero-order chi connectivity index (χ0) is 23.7. The summed E-state index contributed by atoms with van der Waals surface area (Å²) in [4.78, 5) is 36.1. The number of nitrogens with one attached hydrogen (secondary N) is 1. The molecule has 5 rings (SSSR count). The van der Waals surface area contributed by atoms with Crippen molar-refractivity contribution in [3.8, 4) is 0 Å². The summed E-state index contributed by atoms with van der Waals surface area (Å²) in [6.45, 7) is 4.83. The van der Waals surface area contributed by atoms with Gasteiger partial charge >= 0.3 is 0 Å². The minimum absolute atomic E-state index is 0.140. The molecule has 3 aromatic rings. The number of nitrogens with zero attached hydrogens (tertiary/aromatic N) is 3. The minimum atomic E-state index is -0.239. The second-order valence-electron chi connectivity index (χ2n) is 8.86. The Balaban J connectivity index is 1.26. The number of hydrogen-bond acceptors (Lipinski definition) is 5. The molecule has 1 aliphatic heterocycles. The van der Waals surface area contributed by atoms with Gasteiger partial charge in [0, 0.05) is 36.6 Å². The van der Waals surface area contributed by atoms with Crippen molar-refractivity contribution in [1.29, 1.82) is 0 Å². The number of carbonyl (C=O) groups is 2. The van der Waals surface area contributed by atoms with Gasteiger partial charge in [0.05, 0.1) is 22.3 Å². The number of anilines is 2. The van der Waals surface area contributed by atoms with E-state index in [0.717, 1.165) is 59.2 Å². The van der Waals surface area contributed by atoms with E-state index in [0.29, 0.717) is 23.8 Å². The summed E-state index contributed by atoms with van der Waals surface area (Å²) >= 11 is 7.85. The number of halogens is 1. The highest BCUT2D eigenvalue weighted by atomic mass is 35.5. The van der Waals surface area contributed by atoms with Crippen molar-refractivity contribution in [2.45, 2.75) is 32.1 Å². The molecule has 2 heterocycles. The van der Waals surface area contributed by atoms with Crippen LogP contribution in [0.25, 0.3) is 0 Å². The number of para-hydroxylation sites is 1. The van der Waals surface area contributed by atoms with Gasteiger partial charge in [-0.1, -0.05) is 41.4 Å². The number of hydrogen-bond donors (Lipinski definition) is 1. The third-order valence-corrected chi connectivity index (χ3v) is 7.94. The number of aryl methyl sites for hydroxylation is 2. The first-order valence-electron chi connectivity index (χ1n) is 11.7. The van der Waals surface area contributed by atoms with Crippen molar-refractivity contribution >= 4 is 45.6 Å². The highest BCUT2D eigenvalue weighted by Crippen LogP contribution is 2.38. The lowest BCUT2D eigenvalue weighted by Crippen LogP contribution is -2.50. The first-order chi connectivity index (χ1) is 16.5. The molecule has 1 aromatic heterocycles. The lowest BCUT2D eigenvalue weighted by molar-refractivity contribution is -0.133. The number of benzene rings is 2. The van der Waals surface area contributed by atoms with Crippen molar-refractivity contribution < 1.29 is 9.59 Å². The second kappa shape index (κ2) is 9.76. The van der Waals surface area contributed by atoms with Crippen LogP contribution in [0.15, 0.2) is 48.5 Å². The molecule has 1 atom stereocenters. The van der Waals surface area contributed by atoms with E-state index in [1.807, 2.05) is 60.4 Å². The number of piperazine rings is 1. The molecule has 0 bridgehead atoms. The van der Waals surface area contributed by atoms with Gasteiger partial charge < -0.3 is 9.80 Å². The van der Waals surface area contributed by atoms with Gasteiger partial charge in [-0.15, -0.1) is 11.3 Å². The zero-order valence-corrected chi connectivity index (χ0v) is 20.7. The maximum Gasteiger partial charge on any atom is 0.257 e. The van der Waals surface area contributed by atoms with Crippen LogP contribution in [0.1, 0.15) is 45.3 Å². The topological polar surface area (TPSA) is 65.5 Å². The summed E-state index contributed by atoms with van der Waals surface area (Å²) in [5.74, 6) is -0.275. The number of thiazole rings is 1. The molecule has 1 unspecified atom stereocenters. The van der Waals surface area contributed by atoms with Crippen LogP contribution in [0.3, 0.4) is 0 Å². The Labute approximate surface area is 208 Å². The van der Waals surface area contributed by atoms with E-state index in [2.05, 4.69) is 10.2 Å². The van der Waals surface area contributed by atoms with Gasteiger partial charge in [0.2, 0.25) is 5.91 Å². The van der Waals surface area contributed by atoms with Crippen LogP contribution in [0.2, 0.25) is 5.02 Å². The third-order valence-electron chi connectivity index (χ3n) is 6.57. The molecule has 1 saturated heterocycles. The molecule has 34 heavy (non-hydrogen) atoms. The Hall–Kier alpha value is -2.90. The highest BCUT2D eigenvalue weighted by Gasteiger charge is 2.34. The van der Waals surface area contributed by atoms with Crippen LogP contribution in [0, 0.1) is 6.92 Å². The first-order valence-corrected chi connectivity index (χ1v) is 12.8. The summed E-state index contributed by atoms with van der Waals surface area (Å²) in [7, 11) is 0. The predicted molar refractivity (Wildman–Crippen MR) is 137 cm³/mol. The molecule has 2 aromatic carbocycles. The predicted octanol–water partition coefficient (Wildman–Crippen LogP) is 5.13. The van der Waals surface area contributed by atoms with Gasteiger partial charge in [-0.2, -0.15) is 0 Å². The van der Waals surface area contributed by atoms with Crippen LogP contribution in [0.5, 0.6) is 0 Å². The number of amides is 2. The van der Waals surface area contributed by atoms with Gasteiger partial charge in [-0.25, -0.2) is 4.98 Å². The molecule has 0 radical (unpaired) electrons. The van der Waals surface area contributed by atoms with Crippen LogP contribution >= 0.6 is 22.9 Å². The fraction of sp³-hybridized carbons (Fsp3) is 0.346. The smallest absolute Gasteiger partial charge is 0.257 e. The molecule has 0 saturated carbocycles. The molecule has 6 nitrogen and oxygen atoms in total. The van der Waals surface area contributed by atoms with Gasteiger partial charge in [0.1, 0.15) is 0 Å². The van der Waals surface area contributed by atoms with E-state index in [1.165, 1.54) is 11.3 Å². The first kappa shape index (κ1) is 22.9. The molecular formula is C26H27ClN4O2S. The Morgan fingerprint density at radius 1 is 1.06 bits per heavy atom. The fourth-order valence-electron chi connectivity index (χ4n) is 4.68. The normalized spacial score (nSPS) is 17.9. The van der Waals surface area contributed by atoms with Crippen molar-refractivity contribution in [1.82, 2.24) is 9.88 Å². The standard InChI is InChI=1S/C26H27ClN4O2S/c1-17-9-11-18(12-10-17)24(32)29-26-28-23-19(5-4-8-22(23)34-26)25(33)31-15-13-30(14-16-31)21-7-3-2-6-20(21)27/h2-3,6-7,9-12,19H,4-5,8,13-16H2,1H3,(H,28,29,32). The SMILES string of the molecule is Cc1ccc(C(=O)Nc2nc3c(s2)CCCC3C(=O)N2CCN(c3ccccc3Cl)CC2)cc1.